The van der Waals surface area contributed by atoms with Crippen LogP contribution in [-0.2, 0) is 14.8 Å². The van der Waals surface area contributed by atoms with Crippen molar-refractivity contribution in [2.24, 2.45) is 0 Å². The third-order valence-corrected chi connectivity index (χ3v) is 4.45. The second-order valence-electron chi connectivity index (χ2n) is 4.46. The average molecular weight is 301 g/mol. The Labute approximate surface area is 118 Å². The normalized spacial score (nSPS) is 13.2. The quantitative estimate of drug-likeness (QED) is 0.794. The molecule has 0 saturated carbocycles. The summed E-state index contributed by atoms with van der Waals surface area (Å²) >= 11 is 0. The number of sulfonamides is 1. The third kappa shape index (κ3) is 4.03. The van der Waals surface area contributed by atoms with Crippen LogP contribution in [0.1, 0.15) is 29.3 Å². The minimum absolute atomic E-state index is 0.0207. The van der Waals surface area contributed by atoms with Crippen molar-refractivity contribution in [2.75, 3.05) is 13.7 Å². The number of hydrogen-bond acceptors (Lipinski definition) is 4. The van der Waals surface area contributed by atoms with Crippen LogP contribution >= 0.6 is 0 Å². The molecular formula is C13H19NO5S. The van der Waals surface area contributed by atoms with Crippen LogP contribution in [0.4, 0.5) is 0 Å². The molecule has 20 heavy (non-hydrogen) atoms. The molecule has 7 heteroatoms. The maximum absolute atomic E-state index is 12.2. The molecule has 0 fully saturated rings. The molecule has 0 amide bonds. The molecule has 1 rings (SSSR count). The van der Waals surface area contributed by atoms with E-state index in [0.29, 0.717) is 12.0 Å². The van der Waals surface area contributed by atoms with Gasteiger partial charge in [-0.1, -0.05) is 13.0 Å². The van der Waals surface area contributed by atoms with Crippen molar-refractivity contribution < 1.29 is 23.1 Å². The van der Waals surface area contributed by atoms with Gasteiger partial charge in [-0.15, -0.1) is 0 Å². The van der Waals surface area contributed by atoms with Gasteiger partial charge in [-0.2, -0.15) is 0 Å². The van der Waals surface area contributed by atoms with Crippen molar-refractivity contribution in [3.8, 4) is 0 Å². The van der Waals surface area contributed by atoms with Gasteiger partial charge in [-0.25, -0.2) is 17.9 Å². The van der Waals surface area contributed by atoms with Gasteiger partial charge in [0.05, 0.1) is 17.1 Å². The second kappa shape index (κ2) is 6.83. The molecule has 1 aromatic carbocycles. The van der Waals surface area contributed by atoms with Gasteiger partial charge in [-0.3, -0.25) is 0 Å². The maximum Gasteiger partial charge on any atom is 0.335 e. The largest absolute Gasteiger partial charge is 0.478 e. The van der Waals surface area contributed by atoms with Gasteiger partial charge in [0.1, 0.15) is 0 Å². The summed E-state index contributed by atoms with van der Waals surface area (Å²) in [7, 11) is -2.27. The highest BCUT2D eigenvalue weighted by Crippen LogP contribution is 2.16. The number of benzene rings is 1. The molecule has 2 N–H and O–H groups in total. The second-order valence-corrected chi connectivity index (χ2v) is 6.18. The van der Waals surface area contributed by atoms with Crippen molar-refractivity contribution in [3.05, 3.63) is 29.3 Å². The van der Waals surface area contributed by atoms with Crippen LogP contribution in [0.2, 0.25) is 0 Å². The lowest BCUT2D eigenvalue weighted by Crippen LogP contribution is -2.37. The minimum Gasteiger partial charge on any atom is -0.478 e. The number of carbonyl (C=O) groups is 1. The number of aryl methyl sites for hydroxylation is 1. The fourth-order valence-corrected chi connectivity index (χ4v) is 3.05. The molecule has 1 aromatic rings. The van der Waals surface area contributed by atoms with Crippen molar-refractivity contribution in [1.29, 1.82) is 0 Å². The summed E-state index contributed by atoms with van der Waals surface area (Å²) in [4.78, 5) is 11.0. The lowest BCUT2D eigenvalue weighted by molar-refractivity contribution is 0.0696. The standard InChI is InChI=1S/C13H19NO5S/c1-4-10(8-19-3)14-20(17,18)11-6-5-9(2)12(7-11)13(15)16/h5-7,10,14H,4,8H2,1-3H3,(H,15,16). The Kier molecular flexibility index (Phi) is 5.67. The highest BCUT2D eigenvalue weighted by atomic mass is 32.2. The summed E-state index contributed by atoms with van der Waals surface area (Å²) in [5, 5.41) is 9.03. The molecule has 0 aromatic heterocycles. The predicted molar refractivity (Wildman–Crippen MR) is 74.4 cm³/mol. The molecule has 0 aliphatic rings. The zero-order valence-corrected chi connectivity index (χ0v) is 12.5. The smallest absolute Gasteiger partial charge is 0.335 e. The van der Waals surface area contributed by atoms with Crippen molar-refractivity contribution >= 4 is 16.0 Å². The Morgan fingerprint density at radius 2 is 2.10 bits per heavy atom. The fraction of sp³-hybridized carbons (Fsp3) is 0.462. The molecule has 1 atom stereocenters. The summed E-state index contributed by atoms with van der Waals surface area (Å²) < 4.78 is 31.8. The molecule has 112 valence electrons. The van der Waals surface area contributed by atoms with Crippen LogP contribution < -0.4 is 4.72 Å². The Hall–Kier alpha value is -1.44. The van der Waals surface area contributed by atoms with E-state index in [1.165, 1.54) is 25.3 Å². The Bertz CT molecular complexity index is 582. The molecule has 0 heterocycles. The molecule has 1 unspecified atom stereocenters. The summed E-state index contributed by atoms with van der Waals surface area (Å²) in [6.45, 7) is 3.71. The Morgan fingerprint density at radius 3 is 2.60 bits per heavy atom. The third-order valence-electron chi connectivity index (χ3n) is 2.93. The molecule has 0 saturated heterocycles. The predicted octanol–water partition coefficient (Wildman–Crippen LogP) is 1.40. The molecule has 6 nitrogen and oxygen atoms in total. The highest BCUT2D eigenvalue weighted by molar-refractivity contribution is 7.89. The van der Waals surface area contributed by atoms with Crippen molar-refractivity contribution in [3.63, 3.8) is 0 Å². The van der Waals surface area contributed by atoms with Crippen LogP contribution in [-0.4, -0.2) is 39.3 Å². The minimum atomic E-state index is -3.76. The Balaban J connectivity index is 3.09. The first-order chi connectivity index (χ1) is 9.31. The highest BCUT2D eigenvalue weighted by Gasteiger charge is 2.21. The summed E-state index contributed by atoms with van der Waals surface area (Å²) in [5.74, 6) is -1.15. The van der Waals surface area contributed by atoms with Gasteiger partial charge in [0.15, 0.2) is 0 Å². The summed E-state index contributed by atoms with van der Waals surface area (Å²) in [6.07, 6.45) is 0.574. The van der Waals surface area contributed by atoms with Crippen LogP contribution in [0.3, 0.4) is 0 Å². The van der Waals surface area contributed by atoms with Gasteiger partial charge in [-0.05, 0) is 31.0 Å². The number of methoxy groups -OCH3 is 1. The first-order valence-electron chi connectivity index (χ1n) is 6.17. The number of carboxylic acids is 1. The first kappa shape index (κ1) is 16.6. The zero-order valence-electron chi connectivity index (χ0n) is 11.7. The van der Waals surface area contributed by atoms with E-state index >= 15 is 0 Å². The van der Waals surface area contributed by atoms with E-state index in [4.69, 9.17) is 9.84 Å². The lowest BCUT2D eigenvalue weighted by atomic mass is 10.1. The number of ether oxygens (including phenoxy) is 1. The topological polar surface area (TPSA) is 92.7 Å². The van der Waals surface area contributed by atoms with E-state index in [9.17, 15) is 13.2 Å². The van der Waals surface area contributed by atoms with Crippen molar-refractivity contribution in [2.45, 2.75) is 31.2 Å². The number of hydrogen-bond donors (Lipinski definition) is 2. The van der Waals surface area contributed by atoms with Gasteiger partial charge < -0.3 is 9.84 Å². The monoisotopic (exact) mass is 301 g/mol. The van der Waals surface area contributed by atoms with E-state index in [1.54, 1.807) is 6.92 Å². The first-order valence-corrected chi connectivity index (χ1v) is 7.65. The maximum atomic E-state index is 12.2. The van der Waals surface area contributed by atoms with E-state index in [2.05, 4.69) is 4.72 Å². The van der Waals surface area contributed by atoms with E-state index in [1.807, 2.05) is 6.92 Å². The number of carboxylic acid groups (broad SMARTS) is 1. The van der Waals surface area contributed by atoms with Crippen LogP contribution in [0.15, 0.2) is 23.1 Å². The number of rotatable bonds is 7. The van der Waals surface area contributed by atoms with Crippen LogP contribution in [0.25, 0.3) is 0 Å². The van der Waals surface area contributed by atoms with Crippen molar-refractivity contribution in [1.82, 2.24) is 4.72 Å². The fourth-order valence-electron chi connectivity index (χ4n) is 1.72. The summed E-state index contributed by atoms with van der Waals surface area (Å²) in [6, 6.07) is 3.69. The summed E-state index contributed by atoms with van der Waals surface area (Å²) in [5.41, 5.74) is 0.494. The molecule has 0 aliphatic heterocycles. The number of aromatic carboxylic acids is 1. The number of nitrogens with one attached hydrogen (secondary N) is 1. The average Bonchev–Trinajstić information content (AvgIpc) is 2.37. The molecular weight excluding hydrogens is 282 g/mol. The van der Waals surface area contributed by atoms with E-state index in [-0.39, 0.29) is 23.1 Å². The van der Waals surface area contributed by atoms with E-state index < -0.39 is 16.0 Å². The lowest BCUT2D eigenvalue weighted by Gasteiger charge is -2.16. The molecule has 0 bridgehead atoms. The SMILES string of the molecule is CCC(COC)NS(=O)(=O)c1ccc(C)c(C(=O)O)c1. The van der Waals surface area contributed by atoms with Gasteiger partial charge in [0.25, 0.3) is 0 Å². The van der Waals surface area contributed by atoms with Gasteiger partial charge >= 0.3 is 5.97 Å². The zero-order chi connectivity index (χ0) is 15.3. The van der Waals surface area contributed by atoms with Gasteiger partial charge in [0.2, 0.25) is 10.0 Å². The van der Waals surface area contributed by atoms with Crippen LogP contribution in [0.5, 0.6) is 0 Å². The Morgan fingerprint density at radius 1 is 1.45 bits per heavy atom. The van der Waals surface area contributed by atoms with Gasteiger partial charge in [0, 0.05) is 13.2 Å². The van der Waals surface area contributed by atoms with Crippen LogP contribution in [0, 0.1) is 6.92 Å². The van der Waals surface area contributed by atoms with E-state index in [0.717, 1.165) is 0 Å². The molecule has 0 radical (unpaired) electrons. The molecule has 0 aliphatic carbocycles. The molecule has 0 spiro atoms.